The van der Waals surface area contributed by atoms with Crippen molar-refractivity contribution in [3.8, 4) is 0 Å². The molecule has 18 heavy (non-hydrogen) atoms. The third kappa shape index (κ3) is 2.85. The largest absolute Gasteiger partial charge is 0.393 e. The van der Waals surface area contributed by atoms with Gasteiger partial charge in [-0.05, 0) is 32.1 Å². The predicted molar refractivity (Wildman–Crippen MR) is 67.0 cm³/mol. The first-order valence-electron chi connectivity index (χ1n) is 6.37. The molecule has 0 aromatic carbocycles. The van der Waals surface area contributed by atoms with E-state index in [0.29, 0.717) is 17.3 Å². The number of aromatic nitrogens is 2. The Kier molecular flexibility index (Phi) is 3.91. The average molecular weight is 249 g/mol. The molecule has 1 aromatic heterocycles. The minimum atomic E-state index is -0.191. The molecule has 5 nitrogen and oxygen atoms in total. The van der Waals surface area contributed by atoms with Gasteiger partial charge in [0.15, 0.2) is 0 Å². The van der Waals surface area contributed by atoms with Crippen LogP contribution in [0.5, 0.6) is 0 Å². The maximum atomic E-state index is 12.0. The van der Waals surface area contributed by atoms with Crippen LogP contribution in [0.1, 0.15) is 42.4 Å². The molecule has 0 aliphatic heterocycles. The van der Waals surface area contributed by atoms with Gasteiger partial charge in [-0.15, -0.1) is 0 Å². The summed E-state index contributed by atoms with van der Waals surface area (Å²) in [7, 11) is 0. The predicted octanol–water partition coefficient (Wildman–Crippen LogP) is 1.06. The molecule has 1 atom stereocenters. The number of rotatable bonds is 4. The van der Waals surface area contributed by atoms with E-state index in [9.17, 15) is 9.90 Å². The maximum Gasteiger partial charge on any atom is 0.254 e. The van der Waals surface area contributed by atoms with Crippen molar-refractivity contribution in [2.24, 2.45) is 5.92 Å². The van der Waals surface area contributed by atoms with Gasteiger partial charge in [-0.25, -0.2) is 9.97 Å². The zero-order valence-electron chi connectivity index (χ0n) is 10.8. The number of carbonyl (C=O) groups is 1. The number of nitrogens with one attached hydrogen (secondary N) is 1. The second kappa shape index (κ2) is 5.44. The summed E-state index contributed by atoms with van der Waals surface area (Å²) >= 11 is 0. The molecular formula is C13H19N3O2. The zero-order chi connectivity index (χ0) is 13.1. The van der Waals surface area contributed by atoms with Crippen molar-refractivity contribution in [3.05, 3.63) is 23.8 Å². The maximum absolute atomic E-state index is 12.0. The van der Waals surface area contributed by atoms with Crippen molar-refractivity contribution in [3.63, 3.8) is 0 Å². The summed E-state index contributed by atoms with van der Waals surface area (Å²) in [6.45, 7) is 3.83. The number of aryl methyl sites for hydroxylation is 1. The van der Waals surface area contributed by atoms with E-state index in [0.717, 1.165) is 19.3 Å². The number of aliphatic hydroxyl groups excluding tert-OH is 1. The van der Waals surface area contributed by atoms with Crippen molar-refractivity contribution in [1.82, 2.24) is 15.3 Å². The second-order valence-electron chi connectivity index (χ2n) is 4.89. The van der Waals surface area contributed by atoms with E-state index < -0.39 is 0 Å². The fourth-order valence-electron chi connectivity index (χ4n) is 2.27. The fourth-order valence-corrected chi connectivity index (χ4v) is 2.27. The summed E-state index contributed by atoms with van der Waals surface area (Å²) in [5.74, 6) is 0.907. The smallest absolute Gasteiger partial charge is 0.254 e. The van der Waals surface area contributed by atoms with Crippen LogP contribution in [-0.2, 0) is 0 Å². The molecular weight excluding hydrogens is 230 g/mol. The van der Waals surface area contributed by atoms with Gasteiger partial charge in [-0.2, -0.15) is 0 Å². The monoisotopic (exact) mass is 249 g/mol. The van der Waals surface area contributed by atoms with Gasteiger partial charge >= 0.3 is 0 Å². The lowest BCUT2D eigenvalue weighted by Crippen LogP contribution is -2.46. The summed E-state index contributed by atoms with van der Waals surface area (Å²) < 4.78 is 0. The molecule has 1 aliphatic rings. The Balaban J connectivity index is 1.95. The lowest BCUT2D eigenvalue weighted by molar-refractivity contribution is 0.0232. The van der Waals surface area contributed by atoms with Crippen LogP contribution in [0.2, 0.25) is 0 Å². The van der Waals surface area contributed by atoms with Crippen LogP contribution in [0.4, 0.5) is 0 Å². The molecule has 1 aromatic rings. The SMILES string of the molecule is CC[C@H](NC(=O)c1cnc(C)nc1)C1CC(O)C1. The van der Waals surface area contributed by atoms with Gasteiger partial charge in [-0.1, -0.05) is 6.92 Å². The Morgan fingerprint density at radius 1 is 1.50 bits per heavy atom. The van der Waals surface area contributed by atoms with Crippen LogP contribution in [0, 0.1) is 12.8 Å². The van der Waals surface area contributed by atoms with Crippen LogP contribution < -0.4 is 5.32 Å². The average Bonchev–Trinajstić information content (AvgIpc) is 2.33. The minimum Gasteiger partial charge on any atom is -0.393 e. The molecule has 0 unspecified atom stereocenters. The lowest BCUT2D eigenvalue weighted by atomic mass is 9.76. The minimum absolute atomic E-state index is 0.127. The summed E-state index contributed by atoms with van der Waals surface area (Å²) in [6, 6.07) is 0.127. The quantitative estimate of drug-likeness (QED) is 0.836. The van der Waals surface area contributed by atoms with E-state index in [4.69, 9.17) is 0 Å². The molecule has 0 radical (unpaired) electrons. The number of aliphatic hydroxyl groups is 1. The summed E-state index contributed by atoms with van der Waals surface area (Å²) in [6.07, 6.45) is 5.33. The standard InChI is InChI=1S/C13H19N3O2/c1-3-12(9-4-11(17)5-9)16-13(18)10-6-14-8(2)15-7-10/h6-7,9,11-12,17H,3-5H2,1-2H3,(H,16,18)/t9?,11?,12-/m0/s1. The molecule has 1 heterocycles. The van der Waals surface area contributed by atoms with Crippen molar-refractivity contribution >= 4 is 5.91 Å². The molecule has 1 fully saturated rings. The molecule has 0 bridgehead atoms. The summed E-state index contributed by atoms with van der Waals surface area (Å²) in [5.41, 5.74) is 0.485. The molecule has 1 aliphatic carbocycles. The molecule has 0 spiro atoms. The fraction of sp³-hybridized carbons (Fsp3) is 0.615. The molecule has 2 N–H and O–H groups in total. The molecule has 0 saturated heterocycles. The first-order valence-corrected chi connectivity index (χ1v) is 6.37. The highest BCUT2D eigenvalue weighted by Crippen LogP contribution is 2.31. The van der Waals surface area contributed by atoms with E-state index >= 15 is 0 Å². The van der Waals surface area contributed by atoms with Crippen molar-refractivity contribution < 1.29 is 9.90 Å². The Hall–Kier alpha value is -1.49. The number of carbonyl (C=O) groups excluding carboxylic acids is 1. The second-order valence-corrected chi connectivity index (χ2v) is 4.89. The molecule has 2 rings (SSSR count). The first kappa shape index (κ1) is 13.0. The van der Waals surface area contributed by atoms with Gasteiger partial charge in [0.05, 0.1) is 11.7 Å². The van der Waals surface area contributed by atoms with E-state index in [1.807, 2.05) is 6.92 Å². The summed E-state index contributed by atoms with van der Waals surface area (Å²) in [5, 5.41) is 12.3. The first-order chi connectivity index (χ1) is 8.60. The number of hydrogen-bond donors (Lipinski definition) is 2. The van der Waals surface area contributed by atoms with Gasteiger partial charge in [0.1, 0.15) is 5.82 Å². The van der Waals surface area contributed by atoms with Crippen LogP contribution >= 0.6 is 0 Å². The van der Waals surface area contributed by atoms with E-state index in [1.165, 1.54) is 0 Å². The highest BCUT2D eigenvalue weighted by atomic mass is 16.3. The molecule has 98 valence electrons. The normalized spacial score (nSPS) is 24.2. The van der Waals surface area contributed by atoms with Crippen LogP contribution in [0.15, 0.2) is 12.4 Å². The molecule has 5 heteroatoms. The van der Waals surface area contributed by atoms with Gasteiger partial charge in [0, 0.05) is 18.4 Å². The van der Waals surface area contributed by atoms with Crippen LogP contribution in [0.3, 0.4) is 0 Å². The van der Waals surface area contributed by atoms with Gasteiger partial charge in [0.2, 0.25) is 0 Å². The highest BCUT2D eigenvalue weighted by molar-refractivity contribution is 5.93. The van der Waals surface area contributed by atoms with E-state index in [-0.39, 0.29) is 18.1 Å². The van der Waals surface area contributed by atoms with Crippen molar-refractivity contribution in [1.29, 1.82) is 0 Å². The third-order valence-electron chi connectivity index (χ3n) is 3.52. The summed E-state index contributed by atoms with van der Waals surface area (Å²) in [4.78, 5) is 20.0. The van der Waals surface area contributed by atoms with Crippen molar-refractivity contribution in [2.75, 3.05) is 0 Å². The molecule has 1 saturated carbocycles. The zero-order valence-corrected chi connectivity index (χ0v) is 10.8. The van der Waals surface area contributed by atoms with Crippen molar-refractivity contribution in [2.45, 2.75) is 45.3 Å². The Morgan fingerprint density at radius 2 is 2.11 bits per heavy atom. The third-order valence-corrected chi connectivity index (χ3v) is 3.52. The van der Waals surface area contributed by atoms with Gasteiger partial charge in [0.25, 0.3) is 5.91 Å². The van der Waals surface area contributed by atoms with Gasteiger partial charge in [-0.3, -0.25) is 4.79 Å². The topological polar surface area (TPSA) is 75.1 Å². The van der Waals surface area contributed by atoms with E-state index in [2.05, 4.69) is 15.3 Å². The number of amides is 1. The Labute approximate surface area is 107 Å². The number of hydrogen-bond acceptors (Lipinski definition) is 4. The Bertz CT molecular complexity index is 413. The Morgan fingerprint density at radius 3 is 2.61 bits per heavy atom. The van der Waals surface area contributed by atoms with E-state index in [1.54, 1.807) is 19.3 Å². The van der Waals surface area contributed by atoms with Crippen LogP contribution in [0.25, 0.3) is 0 Å². The number of nitrogens with zero attached hydrogens (tertiary/aromatic N) is 2. The lowest BCUT2D eigenvalue weighted by Gasteiger charge is -2.37. The van der Waals surface area contributed by atoms with Crippen LogP contribution in [-0.4, -0.2) is 33.1 Å². The van der Waals surface area contributed by atoms with Gasteiger partial charge < -0.3 is 10.4 Å². The highest BCUT2D eigenvalue weighted by Gasteiger charge is 2.33. The molecule has 1 amide bonds.